The van der Waals surface area contributed by atoms with Crippen molar-refractivity contribution in [3.63, 3.8) is 0 Å². The van der Waals surface area contributed by atoms with Gasteiger partial charge in [-0.05, 0) is 44.2 Å². The highest BCUT2D eigenvalue weighted by atomic mass is 19.1. The Bertz CT molecular complexity index is 858. The summed E-state index contributed by atoms with van der Waals surface area (Å²) in [7, 11) is 0. The number of nitrogens with one attached hydrogen (secondary N) is 1. The number of carbonyl (C=O) groups excluding carboxylic acids is 1. The molecular weight excluding hydrogens is 345 g/mol. The summed E-state index contributed by atoms with van der Waals surface area (Å²) < 4.78 is 16.2. The molecule has 1 aliphatic heterocycles. The van der Waals surface area contributed by atoms with E-state index in [-0.39, 0.29) is 17.6 Å². The van der Waals surface area contributed by atoms with Gasteiger partial charge in [0.2, 0.25) is 5.91 Å². The molecule has 1 unspecified atom stereocenters. The van der Waals surface area contributed by atoms with Gasteiger partial charge in [-0.25, -0.2) is 4.39 Å². The van der Waals surface area contributed by atoms with Gasteiger partial charge in [0.15, 0.2) is 5.82 Å². The number of anilines is 1. The highest BCUT2D eigenvalue weighted by Crippen LogP contribution is 2.44. The van der Waals surface area contributed by atoms with E-state index in [4.69, 9.17) is 0 Å². The summed E-state index contributed by atoms with van der Waals surface area (Å²) in [6.45, 7) is 1.67. The molecule has 1 aromatic heterocycles. The molecule has 27 heavy (non-hydrogen) atoms. The Morgan fingerprint density at radius 2 is 1.96 bits per heavy atom. The summed E-state index contributed by atoms with van der Waals surface area (Å²) >= 11 is 0. The molecule has 142 valence electrons. The van der Waals surface area contributed by atoms with E-state index in [1.54, 1.807) is 12.1 Å². The highest BCUT2D eigenvalue weighted by molar-refractivity contribution is 5.80. The smallest absolute Gasteiger partial charge is 0.225 e. The number of hydrogen-bond acceptors (Lipinski definition) is 4. The maximum atomic E-state index is 14.0. The third-order valence-corrected chi connectivity index (χ3v) is 5.82. The van der Waals surface area contributed by atoms with Crippen LogP contribution in [-0.4, -0.2) is 33.8 Å². The molecule has 2 saturated carbocycles. The normalized spacial score (nSPS) is 22.3. The van der Waals surface area contributed by atoms with Crippen LogP contribution in [0.2, 0.25) is 0 Å². The minimum atomic E-state index is -0.233. The van der Waals surface area contributed by atoms with E-state index in [0.717, 1.165) is 18.1 Å². The zero-order valence-electron chi connectivity index (χ0n) is 15.3. The number of carbonyl (C=O) groups is 1. The quantitative estimate of drug-likeness (QED) is 0.851. The molecular formula is C20H24FN5O. The van der Waals surface area contributed by atoms with Gasteiger partial charge < -0.3 is 14.8 Å². The predicted molar refractivity (Wildman–Crippen MR) is 98.8 cm³/mol. The van der Waals surface area contributed by atoms with Crippen molar-refractivity contribution in [3.05, 3.63) is 41.7 Å². The molecule has 1 atom stereocenters. The van der Waals surface area contributed by atoms with Gasteiger partial charge >= 0.3 is 0 Å². The van der Waals surface area contributed by atoms with Crippen molar-refractivity contribution in [2.75, 3.05) is 18.0 Å². The second kappa shape index (κ2) is 6.62. The molecule has 2 heterocycles. The molecule has 1 amide bonds. The molecule has 1 saturated heterocycles. The highest BCUT2D eigenvalue weighted by Gasteiger charge is 2.36. The van der Waals surface area contributed by atoms with Gasteiger partial charge in [0.05, 0.1) is 18.2 Å². The van der Waals surface area contributed by atoms with E-state index in [9.17, 15) is 9.18 Å². The lowest BCUT2D eigenvalue weighted by atomic mass is 10.1. The Labute approximate surface area is 157 Å². The van der Waals surface area contributed by atoms with Crippen LogP contribution in [0.15, 0.2) is 24.3 Å². The van der Waals surface area contributed by atoms with Crippen molar-refractivity contribution < 1.29 is 9.18 Å². The SMILES string of the molecule is O=C(NCc1nnc(C2CC2)n1C1CC1)C1CCN(c2ccccc2F)C1. The van der Waals surface area contributed by atoms with Crippen molar-refractivity contribution in [2.45, 2.75) is 50.6 Å². The lowest BCUT2D eigenvalue weighted by molar-refractivity contribution is -0.124. The van der Waals surface area contributed by atoms with E-state index in [1.165, 1.54) is 31.7 Å². The fourth-order valence-corrected chi connectivity index (χ4v) is 4.02. The fourth-order valence-electron chi connectivity index (χ4n) is 4.02. The zero-order chi connectivity index (χ0) is 18.4. The maximum Gasteiger partial charge on any atom is 0.225 e. The third kappa shape index (κ3) is 3.31. The zero-order valence-corrected chi connectivity index (χ0v) is 15.3. The van der Waals surface area contributed by atoms with Crippen LogP contribution in [0.25, 0.3) is 0 Å². The average molecular weight is 369 g/mol. The van der Waals surface area contributed by atoms with Crippen molar-refractivity contribution in [1.82, 2.24) is 20.1 Å². The second-order valence-corrected chi connectivity index (χ2v) is 7.95. The predicted octanol–water partition coefficient (Wildman–Crippen LogP) is 2.77. The molecule has 5 rings (SSSR count). The number of halogens is 1. The largest absolute Gasteiger partial charge is 0.368 e. The Morgan fingerprint density at radius 3 is 2.70 bits per heavy atom. The van der Waals surface area contributed by atoms with E-state index in [2.05, 4.69) is 20.1 Å². The van der Waals surface area contributed by atoms with Gasteiger partial charge in [-0.2, -0.15) is 0 Å². The van der Waals surface area contributed by atoms with Gasteiger partial charge in [-0.15, -0.1) is 10.2 Å². The van der Waals surface area contributed by atoms with Crippen molar-refractivity contribution in [2.24, 2.45) is 5.92 Å². The van der Waals surface area contributed by atoms with E-state index in [1.807, 2.05) is 11.0 Å². The average Bonchev–Trinajstić information content (AvgIpc) is 3.61. The van der Waals surface area contributed by atoms with Crippen LogP contribution < -0.4 is 10.2 Å². The summed E-state index contributed by atoms with van der Waals surface area (Å²) in [6.07, 6.45) is 5.50. The van der Waals surface area contributed by atoms with E-state index in [0.29, 0.717) is 37.3 Å². The van der Waals surface area contributed by atoms with Gasteiger partial charge in [0.25, 0.3) is 0 Å². The summed E-state index contributed by atoms with van der Waals surface area (Å²) in [5.74, 6) is 2.21. The molecule has 0 spiro atoms. The fraction of sp³-hybridized carbons (Fsp3) is 0.550. The van der Waals surface area contributed by atoms with E-state index >= 15 is 0 Å². The molecule has 2 aliphatic carbocycles. The van der Waals surface area contributed by atoms with Crippen LogP contribution in [0.1, 0.15) is 55.7 Å². The standard InChI is InChI=1S/C20H24FN5O/c21-16-3-1-2-4-17(16)25-10-9-14(12-25)20(27)22-11-18-23-24-19(13-5-6-13)26(18)15-7-8-15/h1-4,13-15H,5-12H2,(H,22,27). The first-order valence-electron chi connectivity index (χ1n) is 9.91. The van der Waals surface area contributed by atoms with Crippen LogP contribution in [0.4, 0.5) is 10.1 Å². The minimum Gasteiger partial charge on any atom is -0.368 e. The van der Waals surface area contributed by atoms with E-state index < -0.39 is 0 Å². The minimum absolute atomic E-state index is 0.0205. The summed E-state index contributed by atoms with van der Waals surface area (Å²) in [5, 5.41) is 11.8. The van der Waals surface area contributed by atoms with Crippen LogP contribution >= 0.6 is 0 Å². The number of nitrogens with zero attached hydrogens (tertiary/aromatic N) is 4. The molecule has 3 fully saturated rings. The maximum absolute atomic E-state index is 14.0. The number of hydrogen-bond donors (Lipinski definition) is 1. The summed E-state index contributed by atoms with van der Waals surface area (Å²) in [6, 6.07) is 7.27. The molecule has 0 bridgehead atoms. The topological polar surface area (TPSA) is 63.1 Å². The van der Waals surface area contributed by atoms with Gasteiger partial charge in [0, 0.05) is 25.0 Å². The number of benzene rings is 1. The Balaban J connectivity index is 1.21. The molecule has 3 aliphatic rings. The number of aromatic nitrogens is 3. The van der Waals surface area contributed by atoms with Gasteiger partial charge in [-0.1, -0.05) is 12.1 Å². The first kappa shape index (κ1) is 16.7. The molecule has 0 radical (unpaired) electrons. The third-order valence-electron chi connectivity index (χ3n) is 5.82. The first-order valence-corrected chi connectivity index (χ1v) is 9.91. The monoisotopic (exact) mass is 369 g/mol. The molecule has 2 aromatic rings. The molecule has 7 heteroatoms. The first-order chi connectivity index (χ1) is 13.2. The summed E-state index contributed by atoms with van der Waals surface area (Å²) in [4.78, 5) is 14.6. The number of para-hydroxylation sites is 1. The van der Waals surface area contributed by atoms with Crippen molar-refractivity contribution in [1.29, 1.82) is 0 Å². The van der Waals surface area contributed by atoms with Crippen LogP contribution in [0, 0.1) is 11.7 Å². The molecule has 1 aromatic carbocycles. The number of amides is 1. The lowest BCUT2D eigenvalue weighted by Crippen LogP contribution is -2.33. The van der Waals surface area contributed by atoms with Crippen molar-refractivity contribution in [3.8, 4) is 0 Å². The van der Waals surface area contributed by atoms with Crippen molar-refractivity contribution >= 4 is 11.6 Å². The molecule has 6 nitrogen and oxygen atoms in total. The Kier molecular flexibility index (Phi) is 4.10. The lowest BCUT2D eigenvalue weighted by Gasteiger charge is -2.19. The van der Waals surface area contributed by atoms with Crippen LogP contribution in [-0.2, 0) is 11.3 Å². The van der Waals surface area contributed by atoms with Crippen LogP contribution in [0.5, 0.6) is 0 Å². The molecule has 1 N–H and O–H groups in total. The Hall–Kier alpha value is -2.44. The van der Waals surface area contributed by atoms with Gasteiger partial charge in [0.1, 0.15) is 11.6 Å². The van der Waals surface area contributed by atoms with Crippen LogP contribution in [0.3, 0.4) is 0 Å². The number of rotatable bonds is 6. The Morgan fingerprint density at radius 1 is 1.15 bits per heavy atom. The van der Waals surface area contributed by atoms with Gasteiger partial charge in [-0.3, -0.25) is 4.79 Å². The second-order valence-electron chi connectivity index (χ2n) is 7.95. The summed E-state index contributed by atoms with van der Waals surface area (Å²) in [5.41, 5.74) is 0.579.